The Labute approximate surface area is 136 Å². The summed E-state index contributed by atoms with van der Waals surface area (Å²) < 4.78 is 0. The van der Waals surface area contributed by atoms with Crippen LogP contribution < -0.4 is 10.6 Å². The summed E-state index contributed by atoms with van der Waals surface area (Å²) >= 11 is 5.88. The highest BCUT2D eigenvalue weighted by Crippen LogP contribution is 2.17. The molecule has 0 saturated heterocycles. The second-order valence-corrected chi connectivity index (χ2v) is 5.96. The molecule has 2 aromatic carbocycles. The number of benzene rings is 2. The monoisotopic (exact) mass is 316 g/mol. The van der Waals surface area contributed by atoms with Gasteiger partial charge in [0.15, 0.2) is 0 Å². The van der Waals surface area contributed by atoms with E-state index >= 15 is 0 Å². The van der Waals surface area contributed by atoms with E-state index in [1.807, 2.05) is 63.2 Å². The number of carbonyl (C=O) groups is 1. The third kappa shape index (κ3) is 4.58. The topological polar surface area (TPSA) is 41.1 Å². The molecule has 0 aliphatic rings. The molecule has 22 heavy (non-hydrogen) atoms. The number of aryl methyl sites for hydroxylation is 2. The molecule has 116 valence electrons. The Balaban J connectivity index is 1.89. The summed E-state index contributed by atoms with van der Waals surface area (Å²) in [6.45, 7) is 6.28. The molecular formula is C18H21ClN2O. The summed E-state index contributed by atoms with van der Waals surface area (Å²) in [5, 5.41) is 6.87. The molecule has 4 heteroatoms. The lowest BCUT2D eigenvalue weighted by atomic mass is 10.1. The van der Waals surface area contributed by atoms with Crippen LogP contribution in [0.5, 0.6) is 0 Å². The van der Waals surface area contributed by atoms with E-state index in [4.69, 9.17) is 11.6 Å². The van der Waals surface area contributed by atoms with E-state index in [0.717, 1.165) is 22.4 Å². The molecule has 0 saturated carbocycles. The Hall–Kier alpha value is -1.84. The minimum atomic E-state index is -0.0467. The van der Waals surface area contributed by atoms with Gasteiger partial charge in [-0.1, -0.05) is 35.9 Å². The zero-order chi connectivity index (χ0) is 16.1. The summed E-state index contributed by atoms with van der Waals surface area (Å²) in [4.78, 5) is 12.1. The molecule has 0 spiro atoms. The average molecular weight is 317 g/mol. The first-order chi connectivity index (χ1) is 10.5. The Kier molecular flexibility index (Phi) is 5.58. The molecule has 1 amide bonds. The van der Waals surface area contributed by atoms with Crippen molar-refractivity contribution in [2.24, 2.45) is 0 Å². The maximum Gasteiger partial charge on any atom is 0.238 e. The van der Waals surface area contributed by atoms with Gasteiger partial charge in [-0.2, -0.15) is 0 Å². The molecule has 0 aliphatic carbocycles. The Morgan fingerprint density at radius 2 is 1.82 bits per heavy atom. The van der Waals surface area contributed by atoms with Gasteiger partial charge in [0, 0.05) is 16.8 Å². The standard InChI is InChI=1S/C18H21ClN2O/c1-12-4-5-13(2)17(10-12)21-18(22)11-20-14(3)15-6-8-16(19)9-7-15/h4-10,14,20H,11H2,1-3H3,(H,21,22)/t14-/m1/s1. The number of halogens is 1. The molecule has 3 nitrogen and oxygen atoms in total. The summed E-state index contributed by atoms with van der Waals surface area (Å²) in [6, 6.07) is 13.7. The van der Waals surface area contributed by atoms with Crippen molar-refractivity contribution in [1.29, 1.82) is 0 Å². The third-order valence-corrected chi connectivity index (χ3v) is 3.86. The van der Waals surface area contributed by atoms with Gasteiger partial charge in [0.2, 0.25) is 5.91 Å². The minimum Gasteiger partial charge on any atom is -0.325 e. The smallest absolute Gasteiger partial charge is 0.238 e. The molecule has 0 radical (unpaired) electrons. The fourth-order valence-corrected chi connectivity index (χ4v) is 2.31. The zero-order valence-electron chi connectivity index (χ0n) is 13.1. The van der Waals surface area contributed by atoms with Crippen molar-refractivity contribution < 1.29 is 4.79 Å². The highest BCUT2D eigenvalue weighted by molar-refractivity contribution is 6.30. The van der Waals surface area contributed by atoms with Gasteiger partial charge in [-0.3, -0.25) is 4.79 Å². The normalized spacial score (nSPS) is 12.0. The van der Waals surface area contributed by atoms with E-state index in [1.54, 1.807) is 0 Å². The molecule has 0 heterocycles. The number of carbonyl (C=O) groups excluding carboxylic acids is 1. The Morgan fingerprint density at radius 1 is 1.14 bits per heavy atom. The van der Waals surface area contributed by atoms with E-state index in [9.17, 15) is 4.79 Å². The molecule has 2 rings (SSSR count). The third-order valence-electron chi connectivity index (χ3n) is 3.61. The predicted molar refractivity (Wildman–Crippen MR) is 92.4 cm³/mol. The quantitative estimate of drug-likeness (QED) is 0.866. The molecule has 0 unspecified atom stereocenters. The first kappa shape index (κ1) is 16.5. The van der Waals surface area contributed by atoms with Gasteiger partial charge >= 0.3 is 0 Å². The summed E-state index contributed by atoms with van der Waals surface area (Å²) in [6.07, 6.45) is 0. The van der Waals surface area contributed by atoms with Gasteiger partial charge in [-0.15, -0.1) is 0 Å². The minimum absolute atomic E-state index is 0.0467. The Bertz CT molecular complexity index is 653. The van der Waals surface area contributed by atoms with Crippen molar-refractivity contribution in [2.75, 3.05) is 11.9 Å². The van der Waals surface area contributed by atoms with E-state index in [2.05, 4.69) is 10.6 Å². The van der Waals surface area contributed by atoms with E-state index in [-0.39, 0.29) is 18.5 Å². The highest BCUT2D eigenvalue weighted by Gasteiger charge is 2.09. The molecule has 0 aromatic heterocycles. The van der Waals surface area contributed by atoms with Crippen LogP contribution in [0.2, 0.25) is 5.02 Å². The van der Waals surface area contributed by atoms with E-state index in [1.165, 1.54) is 0 Å². The zero-order valence-corrected chi connectivity index (χ0v) is 13.9. The van der Waals surface area contributed by atoms with Crippen LogP contribution in [0.3, 0.4) is 0 Å². The molecule has 0 aliphatic heterocycles. The lowest BCUT2D eigenvalue weighted by molar-refractivity contribution is -0.115. The molecule has 0 bridgehead atoms. The van der Waals surface area contributed by atoms with Gasteiger partial charge in [0.05, 0.1) is 6.54 Å². The van der Waals surface area contributed by atoms with Crippen LogP contribution in [0.4, 0.5) is 5.69 Å². The average Bonchev–Trinajstić information content (AvgIpc) is 2.49. The van der Waals surface area contributed by atoms with Crippen LogP contribution in [0, 0.1) is 13.8 Å². The number of amides is 1. The van der Waals surface area contributed by atoms with Crippen molar-refractivity contribution >= 4 is 23.2 Å². The van der Waals surface area contributed by atoms with Crippen molar-refractivity contribution in [2.45, 2.75) is 26.8 Å². The van der Waals surface area contributed by atoms with Crippen LogP contribution in [0.1, 0.15) is 29.7 Å². The number of hydrogen-bond acceptors (Lipinski definition) is 2. The van der Waals surface area contributed by atoms with Crippen molar-refractivity contribution in [3.63, 3.8) is 0 Å². The Morgan fingerprint density at radius 3 is 2.50 bits per heavy atom. The molecule has 0 fully saturated rings. The molecule has 2 aromatic rings. The molecular weight excluding hydrogens is 296 g/mol. The van der Waals surface area contributed by atoms with Crippen LogP contribution in [0.25, 0.3) is 0 Å². The van der Waals surface area contributed by atoms with Gasteiger partial charge < -0.3 is 10.6 Å². The number of rotatable bonds is 5. The summed E-state index contributed by atoms with van der Waals surface area (Å²) in [5.41, 5.74) is 4.16. The van der Waals surface area contributed by atoms with E-state index < -0.39 is 0 Å². The van der Waals surface area contributed by atoms with Crippen molar-refractivity contribution in [1.82, 2.24) is 5.32 Å². The lowest BCUT2D eigenvalue weighted by Gasteiger charge is -2.15. The number of nitrogens with one attached hydrogen (secondary N) is 2. The SMILES string of the molecule is Cc1ccc(C)c(NC(=O)CN[C@H](C)c2ccc(Cl)cc2)c1. The molecule has 2 N–H and O–H groups in total. The highest BCUT2D eigenvalue weighted by atomic mass is 35.5. The summed E-state index contributed by atoms with van der Waals surface area (Å²) in [7, 11) is 0. The van der Waals surface area contributed by atoms with Gasteiger partial charge in [-0.25, -0.2) is 0 Å². The van der Waals surface area contributed by atoms with Gasteiger partial charge in [0.1, 0.15) is 0 Å². The first-order valence-electron chi connectivity index (χ1n) is 7.31. The van der Waals surface area contributed by atoms with Gasteiger partial charge in [0.25, 0.3) is 0 Å². The number of hydrogen-bond donors (Lipinski definition) is 2. The molecule has 1 atom stereocenters. The maximum absolute atomic E-state index is 12.1. The lowest BCUT2D eigenvalue weighted by Crippen LogP contribution is -2.30. The number of anilines is 1. The fourth-order valence-electron chi connectivity index (χ4n) is 2.18. The van der Waals surface area contributed by atoms with Crippen LogP contribution in [0.15, 0.2) is 42.5 Å². The second kappa shape index (κ2) is 7.43. The van der Waals surface area contributed by atoms with Crippen molar-refractivity contribution in [3.8, 4) is 0 Å². The van der Waals surface area contributed by atoms with Gasteiger partial charge in [-0.05, 0) is 55.7 Å². The van der Waals surface area contributed by atoms with Crippen LogP contribution >= 0.6 is 11.6 Å². The first-order valence-corrected chi connectivity index (χ1v) is 7.69. The van der Waals surface area contributed by atoms with E-state index in [0.29, 0.717) is 5.02 Å². The maximum atomic E-state index is 12.1. The van der Waals surface area contributed by atoms with Crippen molar-refractivity contribution in [3.05, 3.63) is 64.2 Å². The fraction of sp³-hybridized carbons (Fsp3) is 0.278. The van der Waals surface area contributed by atoms with Crippen LogP contribution in [-0.4, -0.2) is 12.5 Å². The second-order valence-electron chi connectivity index (χ2n) is 5.52. The van der Waals surface area contributed by atoms with Crippen LogP contribution in [-0.2, 0) is 4.79 Å². The summed E-state index contributed by atoms with van der Waals surface area (Å²) in [5.74, 6) is -0.0467. The predicted octanol–water partition coefficient (Wildman–Crippen LogP) is 4.25. The largest absolute Gasteiger partial charge is 0.325 e.